The average molecular weight is 388 g/mol. The molecule has 0 spiro atoms. The van der Waals surface area contributed by atoms with Gasteiger partial charge < -0.3 is 10.4 Å². The van der Waals surface area contributed by atoms with Crippen molar-refractivity contribution < 1.29 is 18.3 Å². The van der Waals surface area contributed by atoms with Gasteiger partial charge in [-0.05, 0) is 62.9 Å². The molecule has 1 saturated carbocycles. The molecule has 2 aromatic carbocycles. The molecule has 0 aliphatic heterocycles. The smallest absolute Gasteiger partial charge is 0.261 e. The second kappa shape index (κ2) is 8.10. The van der Waals surface area contributed by atoms with Gasteiger partial charge in [0.25, 0.3) is 15.9 Å². The zero-order chi connectivity index (χ0) is 19.4. The number of aryl methyl sites for hydroxylation is 1. The quantitative estimate of drug-likeness (QED) is 0.734. The molecule has 2 aromatic rings. The Balaban J connectivity index is 1.72. The summed E-state index contributed by atoms with van der Waals surface area (Å²) >= 11 is 0. The highest BCUT2D eigenvalue weighted by molar-refractivity contribution is 7.92. The first-order valence-corrected chi connectivity index (χ1v) is 10.5. The Labute approximate surface area is 159 Å². The van der Waals surface area contributed by atoms with Crippen molar-refractivity contribution in [2.45, 2.75) is 49.6 Å². The van der Waals surface area contributed by atoms with Crippen molar-refractivity contribution in [3.8, 4) is 0 Å². The van der Waals surface area contributed by atoms with E-state index in [1.807, 2.05) is 19.1 Å². The number of sulfonamides is 1. The van der Waals surface area contributed by atoms with Crippen LogP contribution in [0.25, 0.3) is 0 Å². The minimum atomic E-state index is -3.79. The number of benzene rings is 2. The van der Waals surface area contributed by atoms with Crippen molar-refractivity contribution in [1.82, 2.24) is 5.32 Å². The van der Waals surface area contributed by atoms with Gasteiger partial charge in [0.05, 0.1) is 11.0 Å². The van der Waals surface area contributed by atoms with Gasteiger partial charge in [-0.2, -0.15) is 0 Å². The molecule has 0 bridgehead atoms. The minimum Gasteiger partial charge on any atom is -0.393 e. The fourth-order valence-electron chi connectivity index (χ4n) is 3.13. The number of aliphatic hydroxyl groups excluding tert-OH is 1. The van der Waals surface area contributed by atoms with Crippen LogP contribution in [0, 0.1) is 6.92 Å². The standard InChI is InChI=1S/C20H24N2O4S/c1-14-5-7-17(8-6-14)22-27(25,26)19-4-2-3-15(13-19)20(24)21-16-9-11-18(23)12-10-16/h2-8,13,16,18,22-23H,9-12H2,1H3,(H,21,24). The van der Waals surface area contributed by atoms with E-state index in [2.05, 4.69) is 10.0 Å². The first-order chi connectivity index (χ1) is 12.8. The summed E-state index contributed by atoms with van der Waals surface area (Å²) < 4.78 is 27.8. The van der Waals surface area contributed by atoms with Gasteiger partial charge in [-0.15, -0.1) is 0 Å². The SMILES string of the molecule is Cc1ccc(NS(=O)(=O)c2cccc(C(=O)NC3CCC(O)CC3)c2)cc1. The Morgan fingerprint density at radius 1 is 1.04 bits per heavy atom. The molecule has 0 saturated heterocycles. The van der Waals surface area contributed by atoms with Gasteiger partial charge in [-0.25, -0.2) is 8.42 Å². The van der Waals surface area contributed by atoms with Crippen LogP contribution in [0.5, 0.6) is 0 Å². The van der Waals surface area contributed by atoms with Gasteiger partial charge >= 0.3 is 0 Å². The fourth-order valence-corrected chi connectivity index (χ4v) is 4.23. The second-order valence-electron chi connectivity index (χ2n) is 6.98. The second-order valence-corrected chi connectivity index (χ2v) is 8.66. The molecule has 7 heteroatoms. The number of rotatable bonds is 5. The highest BCUT2D eigenvalue weighted by Crippen LogP contribution is 2.20. The Morgan fingerprint density at radius 3 is 2.37 bits per heavy atom. The van der Waals surface area contributed by atoms with Gasteiger partial charge in [0.2, 0.25) is 0 Å². The van der Waals surface area contributed by atoms with Crippen molar-refractivity contribution in [3.05, 3.63) is 59.7 Å². The van der Waals surface area contributed by atoms with E-state index in [4.69, 9.17) is 0 Å². The third kappa shape index (κ3) is 5.08. The average Bonchev–Trinajstić information content (AvgIpc) is 2.65. The van der Waals surface area contributed by atoms with Gasteiger partial charge in [0.15, 0.2) is 0 Å². The molecule has 1 aliphatic carbocycles. The van der Waals surface area contributed by atoms with Crippen LogP contribution < -0.4 is 10.0 Å². The minimum absolute atomic E-state index is 0.00634. The zero-order valence-electron chi connectivity index (χ0n) is 15.2. The number of hydrogen-bond acceptors (Lipinski definition) is 4. The largest absolute Gasteiger partial charge is 0.393 e. The maximum absolute atomic E-state index is 12.6. The van der Waals surface area contributed by atoms with E-state index in [1.165, 1.54) is 12.1 Å². The van der Waals surface area contributed by atoms with E-state index in [0.717, 1.165) is 18.4 Å². The van der Waals surface area contributed by atoms with E-state index in [9.17, 15) is 18.3 Å². The summed E-state index contributed by atoms with van der Waals surface area (Å²) in [7, 11) is -3.79. The monoisotopic (exact) mass is 388 g/mol. The third-order valence-electron chi connectivity index (χ3n) is 4.74. The molecule has 0 heterocycles. The molecule has 0 radical (unpaired) electrons. The molecule has 0 unspecified atom stereocenters. The molecule has 1 aliphatic rings. The van der Waals surface area contributed by atoms with Gasteiger partial charge in [-0.3, -0.25) is 9.52 Å². The summed E-state index contributed by atoms with van der Waals surface area (Å²) in [4.78, 5) is 12.5. The molecule has 1 fully saturated rings. The van der Waals surface area contributed by atoms with Crippen LogP contribution in [0.15, 0.2) is 53.4 Å². The molecule has 144 valence electrons. The van der Waals surface area contributed by atoms with Crippen LogP contribution in [0.3, 0.4) is 0 Å². The molecule has 27 heavy (non-hydrogen) atoms. The zero-order valence-corrected chi connectivity index (χ0v) is 16.0. The first kappa shape index (κ1) is 19.4. The fraction of sp³-hybridized carbons (Fsp3) is 0.350. The van der Waals surface area contributed by atoms with Crippen molar-refractivity contribution in [2.75, 3.05) is 4.72 Å². The summed E-state index contributed by atoms with van der Waals surface area (Å²) in [6.07, 6.45) is 2.49. The molecule has 0 aromatic heterocycles. The molecule has 3 rings (SSSR count). The number of amides is 1. The van der Waals surface area contributed by atoms with Crippen LogP contribution in [0.4, 0.5) is 5.69 Å². The Bertz CT molecular complexity index is 902. The molecule has 3 N–H and O–H groups in total. The van der Waals surface area contributed by atoms with E-state index < -0.39 is 10.0 Å². The third-order valence-corrected chi connectivity index (χ3v) is 6.12. The van der Waals surface area contributed by atoms with E-state index in [1.54, 1.807) is 24.3 Å². The first-order valence-electron chi connectivity index (χ1n) is 9.02. The van der Waals surface area contributed by atoms with Crippen LogP contribution in [-0.4, -0.2) is 31.6 Å². The van der Waals surface area contributed by atoms with Crippen molar-refractivity contribution >= 4 is 21.6 Å². The lowest BCUT2D eigenvalue weighted by Gasteiger charge is -2.26. The Hall–Kier alpha value is -2.38. The molecule has 1 amide bonds. The van der Waals surface area contributed by atoms with Crippen LogP contribution >= 0.6 is 0 Å². The highest BCUT2D eigenvalue weighted by atomic mass is 32.2. The van der Waals surface area contributed by atoms with Crippen LogP contribution in [0.1, 0.15) is 41.6 Å². The Kier molecular flexibility index (Phi) is 5.82. The molecular formula is C20H24N2O4S. The van der Waals surface area contributed by atoms with E-state index >= 15 is 0 Å². The lowest BCUT2D eigenvalue weighted by molar-refractivity contribution is 0.0867. The van der Waals surface area contributed by atoms with Gasteiger partial charge in [0, 0.05) is 17.3 Å². The number of hydrogen-bond donors (Lipinski definition) is 3. The summed E-state index contributed by atoms with van der Waals surface area (Å²) in [6.45, 7) is 1.92. The van der Waals surface area contributed by atoms with E-state index in [0.29, 0.717) is 24.1 Å². The normalized spacial score (nSPS) is 20.1. The van der Waals surface area contributed by atoms with Crippen molar-refractivity contribution in [1.29, 1.82) is 0 Å². The number of carbonyl (C=O) groups is 1. The highest BCUT2D eigenvalue weighted by Gasteiger charge is 2.22. The van der Waals surface area contributed by atoms with E-state index in [-0.39, 0.29) is 22.9 Å². The summed E-state index contributed by atoms with van der Waals surface area (Å²) in [5, 5.41) is 12.5. The summed E-state index contributed by atoms with van der Waals surface area (Å²) in [5.41, 5.74) is 1.80. The number of carbonyl (C=O) groups excluding carboxylic acids is 1. The predicted octanol–water partition coefficient (Wildman–Crippen LogP) is 2.83. The van der Waals surface area contributed by atoms with Crippen LogP contribution in [-0.2, 0) is 10.0 Å². The molecular weight excluding hydrogens is 364 g/mol. The van der Waals surface area contributed by atoms with Crippen molar-refractivity contribution in [2.24, 2.45) is 0 Å². The van der Waals surface area contributed by atoms with Crippen molar-refractivity contribution in [3.63, 3.8) is 0 Å². The molecule has 6 nitrogen and oxygen atoms in total. The lowest BCUT2D eigenvalue weighted by Crippen LogP contribution is -2.38. The number of anilines is 1. The topological polar surface area (TPSA) is 95.5 Å². The Morgan fingerprint density at radius 2 is 1.70 bits per heavy atom. The van der Waals surface area contributed by atoms with Gasteiger partial charge in [-0.1, -0.05) is 23.8 Å². The maximum Gasteiger partial charge on any atom is 0.261 e. The number of aliphatic hydroxyl groups is 1. The van der Waals surface area contributed by atoms with Gasteiger partial charge in [0.1, 0.15) is 0 Å². The number of nitrogens with one attached hydrogen (secondary N) is 2. The summed E-state index contributed by atoms with van der Waals surface area (Å²) in [5.74, 6) is -0.302. The van der Waals surface area contributed by atoms with Crippen LogP contribution in [0.2, 0.25) is 0 Å². The maximum atomic E-state index is 12.6. The molecule has 0 atom stereocenters. The summed E-state index contributed by atoms with van der Waals surface area (Å²) in [6, 6.07) is 13.0. The predicted molar refractivity (Wildman–Crippen MR) is 104 cm³/mol. The lowest BCUT2D eigenvalue weighted by atomic mass is 9.93.